The van der Waals surface area contributed by atoms with E-state index in [0.29, 0.717) is 5.69 Å². The first kappa shape index (κ1) is 8.77. The van der Waals surface area contributed by atoms with Crippen LogP contribution in [0.3, 0.4) is 0 Å². The molecular formula is C7H3IN4S. The molecular weight excluding hydrogens is 299 g/mol. The lowest BCUT2D eigenvalue weighted by molar-refractivity contribution is 1.16. The van der Waals surface area contributed by atoms with Crippen LogP contribution in [0.15, 0.2) is 18.6 Å². The summed E-state index contributed by atoms with van der Waals surface area (Å²) in [7, 11) is 1.51. The Morgan fingerprint density at radius 3 is 3.08 bits per heavy atom. The predicted octanol–water partition coefficient (Wildman–Crippen LogP) is 2.15. The number of hydrogen-bond donors (Lipinski definition) is 0. The molecule has 2 aromatic heterocycles. The molecule has 0 fully saturated rings. The fourth-order valence-corrected chi connectivity index (χ4v) is 2.34. The largest absolute Gasteiger partial charge is 0.266 e. The van der Waals surface area contributed by atoms with Gasteiger partial charge in [0.25, 0.3) is 0 Å². The first-order valence-electron chi connectivity index (χ1n) is 3.38. The molecule has 0 aliphatic carbocycles. The summed E-state index contributed by atoms with van der Waals surface area (Å²) in [6.45, 7) is 0. The molecule has 4 nitrogen and oxygen atoms in total. The van der Waals surface area contributed by atoms with Gasteiger partial charge in [-0.15, -0.1) is 0 Å². The Morgan fingerprint density at radius 2 is 2.38 bits per heavy atom. The SMILES string of the molecule is N#Cc1ncnc2c1ccn2SI. The predicted molar refractivity (Wildman–Crippen MR) is 59.3 cm³/mol. The second-order valence-electron chi connectivity index (χ2n) is 2.28. The Kier molecular flexibility index (Phi) is 2.37. The van der Waals surface area contributed by atoms with Crippen LogP contribution in [-0.2, 0) is 0 Å². The smallest absolute Gasteiger partial charge is 0.155 e. The van der Waals surface area contributed by atoms with Gasteiger partial charge in [-0.3, -0.25) is 3.97 Å². The maximum atomic E-state index is 8.76. The topological polar surface area (TPSA) is 54.5 Å². The van der Waals surface area contributed by atoms with Crippen LogP contribution in [0, 0.1) is 11.3 Å². The molecule has 0 saturated carbocycles. The van der Waals surface area contributed by atoms with Gasteiger partial charge < -0.3 is 0 Å². The van der Waals surface area contributed by atoms with E-state index < -0.39 is 0 Å². The monoisotopic (exact) mass is 302 g/mol. The van der Waals surface area contributed by atoms with E-state index in [9.17, 15) is 0 Å². The minimum atomic E-state index is 0.425. The Balaban J connectivity index is 2.81. The molecule has 2 aromatic rings. The molecule has 0 N–H and O–H groups in total. The molecule has 0 aliphatic heterocycles. The highest BCUT2D eigenvalue weighted by Crippen LogP contribution is 2.23. The van der Waals surface area contributed by atoms with Crippen molar-refractivity contribution in [2.75, 3.05) is 0 Å². The van der Waals surface area contributed by atoms with Crippen molar-refractivity contribution in [2.45, 2.75) is 0 Å². The average molecular weight is 302 g/mol. The third-order valence-electron chi connectivity index (χ3n) is 1.63. The van der Waals surface area contributed by atoms with Crippen LogP contribution < -0.4 is 0 Å². The number of halogens is 1. The highest BCUT2D eigenvalue weighted by molar-refractivity contribution is 14.2. The molecule has 0 radical (unpaired) electrons. The van der Waals surface area contributed by atoms with Crippen molar-refractivity contribution < 1.29 is 0 Å². The van der Waals surface area contributed by atoms with Crippen LogP contribution in [0.5, 0.6) is 0 Å². The molecule has 0 aromatic carbocycles. The number of hydrogen-bond acceptors (Lipinski definition) is 4. The summed E-state index contributed by atoms with van der Waals surface area (Å²) in [5.41, 5.74) is 1.21. The van der Waals surface area contributed by atoms with Crippen molar-refractivity contribution in [1.29, 1.82) is 5.26 Å². The summed E-state index contributed by atoms with van der Waals surface area (Å²) in [5, 5.41) is 9.56. The second kappa shape index (κ2) is 3.51. The summed E-state index contributed by atoms with van der Waals surface area (Å²) in [4.78, 5) is 7.97. The highest BCUT2D eigenvalue weighted by Gasteiger charge is 2.06. The van der Waals surface area contributed by atoms with E-state index in [0.717, 1.165) is 11.0 Å². The standard InChI is InChI=1S/C7H3IN4S/c8-13-12-2-1-5-6(3-9)10-4-11-7(5)12/h1-2,4H. The molecule has 0 bridgehead atoms. The Hall–Kier alpha value is -0.810. The summed E-state index contributed by atoms with van der Waals surface area (Å²) in [6, 6.07) is 3.88. The molecule has 64 valence electrons. The van der Waals surface area contributed by atoms with Gasteiger partial charge in [-0.05, 0) is 6.07 Å². The Bertz CT molecular complexity index is 487. The van der Waals surface area contributed by atoms with Gasteiger partial charge in [0.15, 0.2) is 11.3 Å². The van der Waals surface area contributed by atoms with Gasteiger partial charge >= 0.3 is 0 Å². The van der Waals surface area contributed by atoms with Gasteiger partial charge in [-0.25, -0.2) is 9.97 Å². The summed E-state index contributed by atoms with van der Waals surface area (Å²) in [6.07, 6.45) is 3.28. The van der Waals surface area contributed by atoms with Crippen molar-refractivity contribution in [3.05, 3.63) is 24.3 Å². The highest BCUT2D eigenvalue weighted by atomic mass is 127. The van der Waals surface area contributed by atoms with Crippen LogP contribution in [0.1, 0.15) is 5.69 Å². The van der Waals surface area contributed by atoms with E-state index in [1.165, 1.54) is 15.4 Å². The van der Waals surface area contributed by atoms with Crippen molar-refractivity contribution in [3.8, 4) is 6.07 Å². The average Bonchev–Trinajstić information content (AvgIpc) is 2.60. The summed E-state index contributed by atoms with van der Waals surface area (Å²) in [5.74, 6) is 0. The number of aromatic nitrogens is 3. The van der Waals surface area contributed by atoms with Crippen LogP contribution in [0.4, 0.5) is 0 Å². The normalized spacial score (nSPS) is 10.2. The molecule has 0 amide bonds. The van der Waals surface area contributed by atoms with Gasteiger partial charge in [0, 0.05) is 36.5 Å². The van der Waals surface area contributed by atoms with Crippen molar-refractivity contribution in [2.24, 2.45) is 0 Å². The first-order valence-corrected chi connectivity index (χ1v) is 6.69. The first-order chi connectivity index (χ1) is 6.36. The number of rotatable bonds is 1. The molecule has 13 heavy (non-hydrogen) atoms. The van der Waals surface area contributed by atoms with Gasteiger partial charge in [0.1, 0.15) is 12.4 Å². The summed E-state index contributed by atoms with van der Waals surface area (Å²) >= 11 is 2.16. The van der Waals surface area contributed by atoms with Gasteiger partial charge in [0.2, 0.25) is 0 Å². The maximum absolute atomic E-state index is 8.76. The van der Waals surface area contributed by atoms with E-state index >= 15 is 0 Å². The third-order valence-corrected chi connectivity index (χ3v) is 3.34. The zero-order valence-corrected chi connectivity index (χ0v) is 9.28. The van der Waals surface area contributed by atoms with Crippen LogP contribution >= 0.6 is 30.3 Å². The maximum Gasteiger partial charge on any atom is 0.155 e. The molecule has 0 aliphatic rings. The minimum Gasteiger partial charge on any atom is -0.266 e. The van der Waals surface area contributed by atoms with E-state index in [2.05, 4.69) is 31.2 Å². The second-order valence-corrected chi connectivity index (χ2v) is 4.00. The van der Waals surface area contributed by atoms with Crippen molar-refractivity contribution >= 4 is 41.4 Å². The van der Waals surface area contributed by atoms with E-state index in [1.807, 2.05) is 22.3 Å². The number of nitriles is 1. The van der Waals surface area contributed by atoms with E-state index in [4.69, 9.17) is 5.26 Å². The van der Waals surface area contributed by atoms with Gasteiger partial charge in [0.05, 0.1) is 5.39 Å². The van der Waals surface area contributed by atoms with Gasteiger partial charge in [-0.2, -0.15) is 5.26 Å². The van der Waals surface area contributed by atoms with E-state index in [1.54, 1.807) is 0 Å². The van der Waals surface area contributed by atoms with E-state index in [-0.39, 0.29) is 0 Å². The van der Waals surface area contributed by atoms with Crippen molar-refractivity contribution in [1.82, 2.24) is 13.9 Å². The lowest BCUT2D eigenvalue weighted by Crippen LogP contribution is -1.88. The number of nitrogens with zero attached hydrogens (tertiary/aromatic N) is 4. The number of fused-ring (bicyclic) bond motifs is 1. The molecule has 0 saturated heterocycles. The molecule has 0 atom stereocenters. The molecule has 2 rings (SSSR count). The fourth-order valence-electron chi connectivity index (χ4n) is 1.07. The van der Waals surface area contributed by atoms with Crippen LogP contribution in [0.2, 0.25) is 0 Å². The third kappa shape index (κ3) is 1.38. The quantitative estimate of drug-likeness (QED) is 0.757. The van der Waals surface area contributed by atoms with Crippen LogP contribution in [0.25, 0.3) is 11.0 Å². The lowest BCUT2D eigenvalue weighted by atomic mass is 10.3. The molecule has 6 heteroatoms. The van der Waals surface area contributed by atoms with Crippen LogP contribution in [-0.4, -0.2) is 13.9 Å². The zero-order chi connectivity index (χ0) is 9.26. The lowest BCUT2D eigenvalue weighted by Gasteiger charge is -1.95. The molecule has 0 unspecified atom stereocenters. The van der Waals surface area contributed by atoms with Gasteiger partial charge in [-0.1, -0.05) is 0 Å². The zero-order valence-electron chi connectivity index (χ0n) is 6.31. The Morgan fingerprint density at radius 1 is 1.54 bits per heavy atom. The minimum absolute atomic E-state index is 0.425. The molecule has 0 spiro atoms. The van der Waals surface area contributed by atoms with Crippen molar-refractivity contribution in [3.63, 3.8) is 0 Å². The fraction of sp³-hybridized carbons (Fsp3) is 0. The Labute approximate surface area is 90.7 Å². The molecule has 2 heterocycles. The summed E-state index contributed by atoms with van der Waals surface area (Å²) < 4.78 is 1.89.